The van der Waals surface area contributed by atoms with Crippen molar-refractivity contribution in [2.24, 2.45) is 5.73 Å². The Labute approximate surface area is 138 Å². The highest BCUT2D eigenvalue weighted by molar-refractivity contribution is 7.89. The molecule has 23 heavy (non-hydrogen) atoms. The topological polar surface area (TPSA) is 98.5 Å². The van der Waals surface area contributed by atoms with Gasteiger partial charge in [0.1, 0.15) is 6.04 Å². The Morgan fingerprint density at radius 1 is 1.22 bits per heavy atom. The number of carbonyl (C=O) groups excluding carboxylic acids is 1. The van der Waals surface area contributed by atoms with E-state index in [1.54, 1.807) is 26.0 Å². The van der Waals surface area contributed by atoms with Crippen molar-refractivity contribution in [1.29, 1.82) is 0 Å². The monoisotopic (exact) mass is 342 g/mol. The molecule has 130 valence electrons. The van der Waals surface area contributed by atoms with Crippen LogP contribution in [0.3, 0.4) is 0 Å². The van der Waals surface area contributed by atoms with Crippen LogP contribution < -0.4 is 10.5 Å². The van der Waals surface area contributed by atoms with Gasteiger partial charge in [0, 0.05) is 0 Å². The molecule has 0 aromatic heterocycles. The van der Waals surface area contributed by atoms with E-state index in [0.29, 0.717) is 19.4 Å². The Hall–Kier alpha value is -1.44. The summed E-state index contributed by atoms with van der Waals surface area (Å²) in [5.74, 6) is -0.562. The maximum absolute atomic E-state index is 12.4. The summed E-state index contributed by atoms with van der Waals surface area (Å²) >= 11 is 0. The molecule has 7 heteroatoms. The quantitative estimate of drug-likeness (QED) is 0.526. The molecule has 3 N–H and O–H groups in total. The number of aryl methyl sites for hydroxylation is 1. The van der Waals surface area contributed by atoms with Crippen LogP contribution in [0.4, 0.5) is 0 Å². The zero-order valence-electron chi connectivity index (χ0n) is 13.9. The molecular formula is C16H26N2O4S. The van der Waals surface area contributed by atoms with Gasteiger partial charge in [-0.2, -0.15) is 4.72 Å². The number of ether oxygens (including phenoxy) is 1. The van der Waals surface area contributed by atoms with Crippen LogP contribution in [0.15, 0.2) is 29.2 Å². The summed E-state index contributed by atoms with van der Waals surface area (Å²) in [7, 11) is -3.78. The maximum Gasteiger partial charge on any atom is 0.324 e. The van der Waals surface area contributed by atoms with E-state index in [1.165, 1.54) is 12.1 Å². The zero-order chi connectivity index (χ0) is 17.5. The average molecular weight is 342 g/mol. The molecule has 0 saturated carbocycles. The van der Waals surface area contributed by atoms with Gasteiger partial charge in [0.05, 0.1) is 11.0 Å². The molecule has 0 aliphatic heterocycles. The van der Waals surface area contributed by atoms with Crippen LogP contribution in [0.2, 0.25) is 0 Å². The van der Waals surface area contributed by atoms with Gasteiger partial charge >= 0.3 is 5.97 Å². The molecule has 1 aromatic carbocycles. The van der Waals surface area contributed by atoms with E-state index in [-0.39, 0.29) is 11.0 Å². The molecule has 0 spiro atoms. The molecule has 0 fully saturated rings. The molecule has 0 radical (unpaired) electrons. The van der Waals surface area contributed by atoms with Crippen LogP contribution >= 0.6 is 0 Å². The van der Waals surface area contributed by atoms with Crippen molar-refractivity contribution in [3.05, 3.63) is 29.8 Å². The van der Waals surface area contributed by atoms with Crippen LogP contribution in [0, 0.1) is 6.92 Å². The molecule has 1 aromatic rings. The molecule has 0 bridgehead atoms. The fraction of sp³-hybridized carbons (Fsp3) is 0.562. The van der Waals surface area contributed by atoms with E-state index in [9.17, 15) is 13.2 Å². The lowest BCUT2D eigenvalue weighted by Crippen LogP contribution is -2.42. The summed E-state index contributed by atoms with van der Waals surface area (Å²) < 4.78 is 32.5. The lowest BCUT2D eigenvalue weighted by molar-refractivity contribution is -0.149. The Morgan fingerprint density at radius 2 is 1.83 bits per heavy atom. The number of unbranched alkanes of at least 4 members (excludes halogenated alkanes) is 1. The average Bonchev–Trinajstić information content (AvgIpc) is 2.46. The van der Waals surface area contributed by atoms with Gasteiger partial charge in [0.15, 0.2) is 0 Å². The van der Waals surface area contributed by atoms with Crippen molar-refractivity contribution < 1.29 is 17.9 Å². The predicted molar refractivity (Wildman–Crippen MR) is 89.4 cm³/mol. The molecule has 6 nitrogen and oxygen atoms in total. The summed E-state index contributed by atoms with van der Waals surface area (Å²) in [4.78, 5) is 12.3. The first-order chi connectivity index (χ1) is 10.8. The van der Waals surface area contributed by atoms with Gasteiger partial charge in [-0.3, -0.25) is 4.79 Å². The predicted octanol–water partition coefficient (Wildman–Crippen LogP) is 1.72. The van der Waals surface area contributed by atoms with Crippen LogP contribution in [-0.2, 0) is 19.6 Å². The number of sulfonamides is 1. The van der Waals surface area contributed by atoms with Gasteiger partial charge in [-0.25, -0.2) is 8.42 Å². The SMILES string of the molecule is Cc1ccc(S(=O)(=O)N[C@H](CCCCN)C(=O)OC(C)C)cc1. The van der Waals surface area contributed by atoms with Gasteiger partial charge in [0.25, 0.3) is 0 Å². The van der Waals surface area contributed by atoms with E-state index in [0.717, 1.165) is 12.0 Å². The van der Waals surface area contributed by atoms with Gasteiger partial charge in [0.2, 0.25) is 10.0 Å². The van der Waals surface area contributed by atoms with Crippen molar-refractivity contribution >= 4 is 16.0 Å². The van der Waals surface area contributed by atoms with Gasteiger partial charge in [-0.05, 0) is 52.3 Å². The molecule has 1 atom stereocenters. The number of hydrogen-bond donors (Lipinski definition) is 2. The molecule has 0 amide bonds. The van der Waals surface area contributed by atoms with E-state index in [2.05, 4.69) is 4.72 Å². The minimum Gasteiger partial charge on any atom is -0.462 e. The number of rotatable bonds is 9. The maximum atomic E-state index is 12.4. The minimum atomic E-state index is -3.78. The summed E-state index contributed by atoms with van der Waals surface area (Å²) in [6.45, 7) is 5.82. The van der Waals surface area contributed by atoms with Crippen molar-refractivity contribution in [1.82, 2.24) is 4.72 Å². The van der Waals surface area contributed by atoms with Crippen molar-refractivity contribution in [2.45, 2.75) is 57.1 Å². The van der Waals surface area contributed by atoms with E-state index >= 15 is 0 Å². The second kappa shape index (κ2) is 9.00. The van der Waals surface area contributed by atoms with Gasteiger partial charge < -0.3 is 10.5 Å². The van der Waals surface area contributed by atoms with Crippen LogP contribution in [0.25, 0.3) is 0 Å². The van der Waals surface area contributed by atoms with Crippen molar-refractivity contribution in [3.8, 4) is 0 Å². The number of carbonyl (C=O) groups is 1. The minimum absolute atomic E-state index is 0.129. The third-order valence-electron chi connectivity index (χ3n) is 3.21. The number of benzene rings is 1. The van der Waals surface area contributed by atoms with Crippen LogP contribution in [0.1, 0.15) is 38.7 Å². The molecule has 0 heterocycles. The van der Waals surface area contributed by atoms with E-state index in [1.807, 2.05) is 6.92 Å². The Kier molecular flexibility index (Phi) is 7.67. The van der Waals surface area contributed by atoms with Crippen molar-refractivity contribution in [3.63, 3.8) is 0 Å². The highest BCUT2D eigenvalue weighted by Gasteiger charge is 2.27. The first-order valence-corrected chi connectivity index (χ1v) is 9.24. The van der Waals surface area contributed by atoms with Crippen LogP contribution in [0.5, 0.6) is 0 Å². The van der Waals surface area contributed by atoms with Gasteiger partial charge in [-0.1, -0.05) is 24.1 Å². The number of esters is 1. The summed E-state index contributed by atoms with van der Waals surface area (Å²) in [5.41, 5.74) is 6.41. The summed E-state index contributed by atoms with van der Waals surface area (Å²) in [5, 5.41) is 0. The molecular weight excluding hydrogens is 316 g/mol. The zero-order valence-corrected chi connectivity index (χ0v) is 14.7. The smallest absolute Gasteiger partial charge is 0.324 e. The third-order valence-corrected chi connectivity index (χ3v) is 4.70. The second-order valence-corrected chi connectivity index (χ2v) is 7.47. The molecule has 0 aliphatic carbocycles. The molecule has 1 rings (SSSR count). The van der Waals surface area contributed by atoms with E-state index < -0.39 is 22.0 Å². The van der Waals surface area contributed by atoms with Crippen molar-refractivity contribution in [2.75, 3.05) is 6.54 Å². The third kappa shape index (κ3) is 6.68. The first-order valence-electron chi connectivity index (χ1n) is 7.76. The largest absolute Gasteiger partial charge is 0.462 e. The highest BCUT2D eigenvalue weighted by Crippen LogP contribution is 2.13. The Balaban J connectivity index is 2.88. The fourth-order valence-electron chi connectivity index (χ4n) is 2.00. The highest BCUT2D eigenvalue weighted by atomic mass is 32.2. The normalized spacial score (nSPS) is 13.1. The second-order valence-electron chi connectivity index (χ2n) is 5.76. The Bertz CT molecular complexity index is 597. The van der Waals surface area contributed by atoms with Crippen LogP contribution in [-0.4, -0.2) is 33.1 Å². The molecule has 0 unspecified atom stereocenters. The summed E-state index contributed by atoms with van der Waals surface area (Å²) in [6.07, 6.45) is 1.42. The standard InChI is InChI=1S/C16H26N2O4S/c1-12(2)22-16(19)15(6-4-5-11-17)18-23(20,21)14-9-7-13(3)8-10-14/h7-10,12,15,18H,4-6,11,17H2,1-3H3/t15-/m1/s1. The Morgan fingerprint density at radius 3 is 2.35 bits per heavy atom. The number of nitrogens with one attached hydrogen (secondary N) is 1. The van der Waals surface area contributed by atoms with Gasteiger partial charge in [-0.15, -0.1) is 0 Å². The lowest BCUT2D eigenvalue weighted by atomic mass is 10.1. The molecule has 0 saturated heterocycles. The van der Waals surface area contributed by atoms with E-state index in [4.69, 9.17) is 10.5 Å². The number of nitrogens with two attached hydrogens (primary N) is 1. The molecule has 0 aliphatic rings. The number of hydrogen-bond acceptors (Lipinski definition) is 5. The fourth-order valence-corrected chi connectivity index (χ4v) is 3.22. The summed E-state index contributed by atoms with van der Waals surface area (Å²) in [6, 6.07) is 5.55. The first kappa shape index (κ1) is 19.6. The lowest BCUT2D eigenvalue weighted by Gasteiger charge is -2.19.